The molecule has 1 aromatic rings. The van der Waals surface area contributed by atoms with Crippen LogP contribution in [0.1, 0.15) is 30.4 Å². The Morgan fingerprint density at radius 2 is 1.83 bits per heavy atom. The van der Waals surface area contributed by atoms with Crippen molar-refractivity contribution in [3.8, 4) is 0 Å². The van der Waals surface area contributed by atoms with Gasteiger partial charge in [0, 0.05) is 29.5 Å². The first-order valence-electron chi connectivity index (χ1n) is 6.62. The minimum atomic E-state index is 0.131. The van der Waals surface area contributed by atoms with E-state index < -0.39 is 0 Å². The van der Waals surface area contributed by atoms with Gasteiger partial charge in [0.25, 0.3) is 0 Å². The third kappa shape index (κ3) is 2.76. The average molecular weight is 248 g/mol. The van der Waals surface area contributed by atoms with E-state index in [1.165, 1.54) is 5.56 Å². The standard InChI is InChI=1S/C14H24N4/c1-8-6-14(9(2)5-11(8)16)18-13-4-3-10(15)7-12(13)17/h5-6,10,12-13,18H,3-4,7,15-17H2,1-2H3. The van der Waals surface area contributed by atoms with Crippen LogP contribution < -0.4 is 22.5 Å². The fourth-order valence-electron chi connectivity index (χ4n) is 2.61. The Bertz CT molecular complexity index is 430. The summed E-state index contributed by atoms with van der Waals surface area (Å²) in [6.07, 6.45) is 2.97. The van der Waals surface area contributed by atoms with E-state index in [9.17, 15) is 0 Å². The maximum atomic E-state index is 6.17. The molecule has 0 radical (unpaired) electrons. The molecule has 0 bridgehead atoms. The number of nitrogens with two attached hydrogens (primary N) is 3. The van der Waals surface area contributed by atoms with Crippen LogP contribution in [0.4, 0.5) is 11.4 Å². The van der Waals surface area contributed by atoms with Crippen LogP contribution in [0.25, 0.3) is 0 Å². The Morgan fingerprint density at radius 1 is 1.11 bits per heavy atom. The average Bonchev–Trinajstić information content (AvgIpc) is 2.29. The smallest absolute Gasteiger partial charge is 0.0413 e. The monoisotopic (exact) mass is 248 g/mol. The quantitative estimate of drug-likeness (QED) is 0.597. The molecule has 1 fully saturated rings. The van der Waals surface area contributed by atoms with Crippen molar-refractivity contribution < 1.29 is 0 Å². The predicted octanol–water partition coefficient (Wildman–Crippen LogP) is 1.50. The predicted molar refractivity (Wildman–Crippen MR) is 77.5 cm³/mol. The van der Waals surface area contributed by atoms with Crippen LogP contribution in [-0.4, -0.2) is 18.1 Å². The van der Waals surface area contributed by atoms with E-state index in [-0.39, 0.29) is 12.1 Å². The second-order valence-corrected chi connectivity index (χ2v) is 5.51. The molecule has 0 amide bonds. The third-order valence-corrected chi connectivity index (χ3v) is 3.89. The minimum Gasteiger partial charge on any atom is -0.399 e. The van der Waals surface area contributed by atoms with Gasteiger partial charge in [-0.2, -0.15) is 0 Å². The highest BCUT2D eigenvalue weighted by atomic mass is 15.0. The largest absolute Gasteiger partial charge is 0.399 e. The molecule has 0 heterocycles. The summed E-state index contributed by atoms with van der Waals surface area (Å²) in [6.45, 7) is 4.09. The van der Waals surface area contributed by atoms with Crippen molar-refractivity contribution in [2.45, 2.75) is 51.2 Å². The highest BCUT2D eigenvalue weighted by molar-refractivity contribution is 5.62. The number of hydrogen-bond donors (Lipinski definition) is 4. The zero-order valence-electron chi connectivity index (χ0n) is 11.2. The van der Waals surface area contributed by atoms with Crippen LogP contribution in [0.15, 0.2) is 12.1 Å². The lowest BCUT2D eigenvalue weighted by molar-refractivity contribution is 0.363. The summed E-state index contributed by atoms with van der Waals surface area (Å²) in [6, 6.07) is 4.81. The fraction of sp³-hybridized carbons (Fsp3) is 0.571. The maximum Gasteiger partial charge on any atom is 0.0413 e. The Hall–Kier alpha value is -1.26. The van der Waals surface area contributed by atoms with Crippen LogP contribution in [0.3, 0.4) is 0 Å². The first-order chi connectivity index (χ1) is 8.47. The number of benzene rings is 1. The van der Waals surface area contributed by atoms with Gasteiger partial charge in [-0.05, 0) is 56.4 Å². The summed E-state index contributed by atoms with van der Waals surface area (Å²) in [5.41, 5.74) is 22.2. The summed E-state index contributed by atoms with van der Waals surface area (Å²) in [4.78, 5) is 0. The normalized spacial score (nSPS) is 28.1. The van der Waals surface area contributed by atoms with Crippen LogP contribution in [0, 0.1) is 13.8 Å². The minimum absolute atomic E-state index is 0.131. The second kappa shape index (κ2) is 5.16. The molecule has 2 rings (SSSR count). The van der Waals surface area contributed by atoms with E-state index in [2.05, 4.69) is 18.3 Å². The van der Waals surface area contributed by atoms with Gasteiger partial charge in [-0.25, -0.2) is 0 Å². The summed E-state index contributed by atoms with van der Waals surface area (Å²) < 4.78 is 0. The molecule has 0 aliphatic heterocycles. The molecule has 4 nitrogen and oxygen atoms in total. The van der Waals surface area contributed by atoms with Crippen molar-refractivity contribution in [1.29, 1.82) is 0 Å². The van der Waals surface area contributed by atoms with E-state index in [0.29, 0.717) is 6.04 Å². The molecule has 3 atom stereocenters. The van der Waals surface area contributed by atoms with E-state index in [1.54, 1.807) is 0 Å². The van der Waals surface area contributed by atoms with Crippen LogP contribution >= 0.6 is 0 Å². The van der Waals surface area contributed by atoms with Gasteiger partial charge in [0.05, 0.1) is 0 Å². The molecule has 0 aromatic heterocycles. The number of aryl methyl sites for hydroxylation is 2. The SMILES string of the molecule is Cc1cc(NC2CCC(N)CC2N)c(C)cc1N. The zero-order chi connectivity index (χ0) is 13.3. The lowest BCUT2D eigenvalue weighted by Gasteiger charge is -2.34. The molecule has 1 saturated carbocycles. The van der Waals surface area contributed by atoms with Gasteiger partial charge >= 0.3 is 0 Å². The van der Waals surface area contributed by atoms with Crippen molar-refractivity contribution in [2.75, 3.05) is 11.1 Å². The first-order valence-corrected chi connectivity index (χ1v) is 6.62. The van der Waals surface area contributed by atoms with Crippen molar-refractivity contribution in [1.82, 2.24) is 0 Å². The number of hydrogen-bond acceptors (Lipinski definition) is 4. The van der Waals surface area contributed by atoms with Gasteiger partial charge in [0.15, 0.2) is 0 Å². The molecule has 3 unspecified atom stereocenters. The molecule has 1 aromatic carbocycles. The molecule has 0 spiro atoms. The summed E-state index contributed by atoms with van der Waals surface area (Å²) in [5.74, 6) is 0. The van der Waals surface area contributed by atoms with Crippen molar-refractivity contribution in [3.63, 3.8) is 0 Å². The third-order valence-electron chi connectivity index (χ3n) is 3.89. The van der Waals surface area contributed by atoms with Crippen molar-refractivity contribution in [3.05, 3.63) is 23.3 Å². The van der Waals surface area contributed by atoms with E-state index in [0.717, 1.165) is 36.2 Å². The lowest BCUT2D eigenvalue weighted by atomic mass is 9.87. The second-order valence-electron chi connectivity index (χ2n) is 5.51. The van der Waals surface area contributed by atoms with E-state index >= 15 is 0 Å². The van der Waals surface area contributed by atoms with Crippen LogP contribution in [0.2, 0.25) is 0 Å². The molecular weight excluding hydrogens is 224 g/mol. The Labute approximate surface area is 109 Å². The molecule has 4 heteroatoms. The number of rotatable bonds is 2. The molecule has 1 aliphatic rings. The molecule has 100 valence electrons. The fourth-order valence-corrected chi connectivity index (χ4v) is 2.61. The first kappa shape index (κ1) is 13.2. The van der Waals surface area contributed by atoms with E-state index in [1.807, 2.05) is 13.0 Å². The van der Waals surface area contributed by atoms with Gasteiger partial charge in [-0.15, -0.1) is 0 Å². The Kier molecular flexibility index (Phi) is 3.78. The van der Waals surface area contributed by atoms with Crippen LogP contribution in [-0.2, 0) is 0 Å². The Balaban J connectivity index is 2.12. The van der Waals surface area contributed by atoms with Crippen LogP contribution in [0.5, 0.6) is 0 Å². The topological polar surface area (TPSA) is 90.1 Å². The van der Waals surface area contributed by atoms with Gasteiger partial charge < -0.3 is 22.5 Å². The summed E-state index contributed by atoms with van der Waals surface area (Å²) in [5, 5.41) is 3.55. The molecule has 18 heavy (non-hydrogen) atoms. The molecule has 1 aliphatic carbocycles. The highest BCUT2D eigenvalue weighted by Crippen LogP contribution is 2.26. The lowest BCUT2D eigenvalue weighted by Crippen LogP contribution is -2.48. The number of nitrogen functional groups attached to an aromatic ring is 1. The number of nitrogens with one attached hydrogen (secondary N) is 1. The molecular formula is C14H24N4. The van der Waals surface area contributed by atoms with Gasteiger partial charge in [-0.1, -0.05) is 0 Å². The summed E-state index contributed by atoms with van der Waals surface area (Å²) in [7, 11) is 0. The van der Waals surface area contributed by atoms with Gasteiger partial charge in [-0.3, -0.25) is 0 Å². The highest BCUT2D eigenvalue weighted by Gasteiger charge is 2.26. The number of anilines is 2. The Morgan fingerprint density at radius 3 is 2.50 bits per heavy atom. The van der Waals surface area contributed by atoms with E-state index in [4.69, 9.17) is 17.2 Å². The summed E-state index contributed by atoms with van der Waals surface area (Å²) >= 11 is 0. The maximum absolute atomic E-state index is 6.17. The zero-order valence-corrected chi connectivity index (χ0v) is 11.2. The van der Waals surface area contributed by atoms with Crippen molar-refractivity contribution >= 4 is 11.4 Å². The molecule has 0 saturated heterocycles. The van der Waals surface area contributed by atoms with Gasteiger partial charge in [0.2, 0.25) is 0 Å². The molecule has 7 N–H and O–H groups in total. The van der Waals surface area contributed by atoms with Crippen molar-refractivity contribution in [2.24, 2.45) is 11.5 Å². The van der Waals surface area contributed by atoms with Gasteiger partial charge in [0.1, 0.15) is 0 Å².